The van der Waals surface area contributed by atoms with Crippen LogP contribution in [0.2, 0.25) is 0 Å². The number of aliphatic hydroxyl groups excluding tert-OH is 1. The molecule has 8 N–H and O–H groups in total. The van der Waals surface area contributed by atoms with E-state index in [2.05, 4.69) is 16.0 Å². The van der Waals surface area contributed by atoms with Crippen molar-refractivity contribution in [1.82, 2.24) is 34.9 Å². The van der Waals surface area contributed by atoms with Gasteiger partial charge >= 0.3 is 5.69 Å². The van der Waals surface area contributed by atoms with E-state index in [4.69, 9.17) is 11.5 Å². The molecule has 65 heavy (non-hydrogen) atoms. The second-order valence-corrected chi connectivity index (χ2v) is 17.6. The first-order valence-corrected chi connectivity index (χ1v) is 22.8. The largest absolute Gasteiger partial charge is 0.379 e. The van der Waals surface area contributed by atoms with Crippen LogP contribution in [0.25, 0.3) is 11.0 Å². The van der Waals surface area contributed by atoms with E-state index in [-0.39, 0.29) is 55.8 Å². The molecule has 6 atom stereocenters. The third-order valence-corrected chi connectivity index (χ3v) is 13.1. The minimum atomic E-state index is -1.20. The minimum Gasteiger partial charge on any atom is -0.379 e. The van der Waals surface area contributed by atoms with E-state index in [1.165, 1.54) is 9.13 Å². The zero-order valence-electron chi connectivity index (χ0n) is 36.9. The number of imide groups is 1. The molecule has 4 aromatic rings. The number of fused-ring (bicyclic) bond motifs is 2. The van der Waals surface area contributed by atoms with Crippen molar-refractivity contribution in [1.29, 1.82) is 0 Å². The first-order chi connectivity index (χ1) is 31.3. The number of rotatable bonds is 17. The van der Waals surface area contributed by atoms with Gasteiger partial charge in [-0.15, -0.1) is 0 Å². The van der Waals surface area contributed by atoms with Crippen molar-refractivity contribution in [3.63, 3.8) is 0 Å². The van der Waals surface area contributed by atoms with Crippen molar-refractivity contribution < 1.29 is 33.9 Å². The molecular formula is C48H61N9O8. The summed E-state index contributed by atoms with van der Waals surface area (Å²) in [6, 6.07) is 20.2. The van der Waals surface area contributed by atoms with Gasteiger partial charge in [-0.2, -0.15) is 0 Å². The molecule has 3 aromatic carbocycles. The lowest BCUT2D eigenvalue weighted by molar-refractivity contribution is -0.145. The third kappa shape index (κ3) is 11.0. The lowest BCUT2D eigenvalue weighted by atomic mass is 9.98. The Kier molecular flexibility index (Phi) is 15.3. The molecule has 0 saturated carbocycles. The topological polar surface area (TPSA) is 244 Å². The van der Waals surface area contributed by atoms with Gasteiger partial charge in [-0.1, -0.05) is 79.6 Å². The number of carbonyl (C=O) groups is 6. The van der Waals surface area contributed by atoms with Crippen LogP contribution >= 0.6 is 0 Å². The highest BCUT2D eigenvalue weighted by molar-refractivity contribution is 6.00. The Balaban J connectivity index is 0.902. The first-order valence-electron chi connectivity index (χ1n) is 22.8. The first kappa shape index (κ1) is 46.8. The van der Waals surface area contributed by atoms with E-state index >= 15 is 0 Å². The Morgan fingerprint density at radius 1 is 0.831 bits per heavy atom. The molecule has 0 bridgehead atoms. The minimum absolute atomic E-state index is 0.0286. The lowest BCUT2D eigenvalue weighted by Crippen LogP contribution is -2.60. The van der Waals surface area contributed by atoms with E-state index in [9.17, 15) is 38.7 Å². The van der Waals surface area contributed by atoms with E-state index in [0.717, 1.165) is 42.4 Å². The van der Waals surface area contributed by atoms with Crippen molar-refractivity contribution in [3.05, 3.63) is 106 Å². The average Bonchev–Trinajstić information content (AvgIpc) is 3.83. The van der Waals surface area contributed by atoms with Gasteiger partial charge in [0.2, 0.25) is 35.4 Å². The molecule has 4 heterocycles. The number of unbranched alkanes of at least 4 members (excludes halogenated alkanes) is 3. The van der Waals surface area contributed by atoms with Crippen molar-refractivity contribution >= 4 is 46.5 Å². The molecule has 17 heteroatoms. The second kappa shape index (κ2) is 21.2. The summed E-state index contributed by atoms with van der Waals surface area (Å²) in [6.45, 7) is 0.418. The number of nitrogens with one attached hydrogen (secondary N) is 3. The van der Waals surface area contributed by atoms with Gasteiger partial charge in [0.1, 0.15) is 30.4 Å². The number of nitrogens with two attached hydrogens (primary N) is 2. The van der Waals surface area contributed by atoms with Gasteiger partial charge in [0.25, 0.3) is 0 Å². The van der Waals surface area contributed by atoms with Crippen LogP contribution in [0, 0.1) is 0 Å². The highest BCUT2D eigenvalue weighted by Crippen LogP contribution is 2.30. The number of carbonyl (C=O) groups excluding carboxylic acids is 6. The molecule has 1 aromatic heterocycles. The number of aliphatic hydroxyl groups is 1. The van der Waals surface area contributed by atoms with Gasteiger partial charge in [0.05, 0.1) is 17.1 Å². The van der Waals surface area contributed by atoms with E-state index in [0.29, 0.717) is 49.7 Å². The quantitative estimate of drug-likeness (QED) is 0.0513. The molecule has 0 spiro atoms. The molecule has 2 unspecified atom stereocenters. The predicted octanol–water partition coefficient (Wildman–Crippen LogP) is 2.18. The highest BCUT2D eigenvalue weighted by Gasteiger charge is 2.45. The molecule has 3 saturated heterocycles. The standard InChI is InChI=1S/C48H61N9O8/c1-54-36-21-18-30(28-39(36)57(48(54)65)38-23-25-41(59)52-46(38)63)12-6-2-3-11-17-42(60)55-27-26-33-19-22-37(56(33)47(64)34(49)29-55)45(62)51-35(20-24-40(50)58)44(61)53-43(31-13-7-4-8-14-31)32-15-9-5-10-16-32/h4-5,7-10,13-16,18,21,28,33-35,37-38,40,43,58H,2-3,6,11-12,17,19-20,22-27,29,49-50H2,1H3,(H,51,62)(H,53,61)(H,52,59,63)/t33-,34+,35+,37+,38?,40?/m1/s1. The maximum Gasteiger partial charge on any atom is 0.329 e. The zero-order chi connectivity index (χ0) is 46.2. The number of hydrogen-bond donors (Lipinski definition) is 6. The fourth-order valence-corrected chi connectivity index (χ4v) is 9.57. The van der Waals surface area contributed by atoms with Gasteiger partial charge in [-0.25, -0.2) is 4.79 Å². The number of nitrogens with zero attached hydrogens (tertiary/aromatic N) is 4. The van der Waals surface area contributed by atoms with E-state index in [1.54, 1.807) is 16.8 Å². The molecule has 3 fully saturated rings. The van der Waals surface area contributed by atoms with Crippen molar-refractivity contribution in [3.8, 4) is 0 Å². The summed E-state index contributed by atoms with van der Waals surface area (Å²) in [5.74, 6) is -2.24. The van der Waals surface area contributed by atoms with E-state index < -0.39 is 60.1 Å². The summed E-state index contributed by atoms with van der Waals surface area (Å²) >= 11 is 0. The lowest BCUT2D eigenvalue weighted by Gasteiger charge is -2.37. The Bertz CT molecular complexity index is 2380. The maximum absolute atomic E-state index is 14.0. The van der Waals surface area contributed by atoms with Crippen LogP contribution in [0.4, 0.5) is 0 Å². The molecule has 3 aliphatic rings. The van der Waals surface area contributed by atoms with Crippen molar-refractivity contribution in [2.75, 3.05) is 13.1 Å². The monoisotopic (exact) mass is 891 g/mol. The van der Waals surface area contributed by atoms with Crippen LogP contribution < -0.4 is 33.1 Å². The smallest absolute Gasteiger partial charge is 0.329 e. The van der Waals surface area contributed by atoms with E-state index in [1.807, 2.05) is 78.9 Å². The van der Waals surface area contributed by atoms with Crippen LogP contribution in [0.15, 0.2) is 83.7 Å². The number of aromatic nitrogens is 2. The Hall–Kier alpha value is -6.17. The molecule has 3 aliphatic heterocycles. The summed E-state index contributed by atoms with van der Waals surface area (Å²) in [5.41, 5.74) is 15.9. The van der Waals surface area contributed by atoms with Gasteiger partial charge in [-0.3, -0.25) is 43.2 Å². The summed E-state index contributed by atoms with van der Waals surface area (Å²) in [6.07, 6.45) is 5.00. The zero-order valence-corrected chi connectivity index (χ0v) is 36.9. The van der Waals surface area contributed by atoms with Gasteiger partial charge in [0.15, 0.2) is 0 Å². The fourth-order valence-electron chi connectivity index (χ4n) is 9.57. The summed E-state index contributed by atoms with van der Waals surface area (Å²) in [5, 5.41) is 18.2. The SMILES string of the molecule is Cn1c(=O)n(C2CCC(=O)NC2=O)c2cc(CCCCCCC(=O)N3CC[C@H]4CC[C@@H](C(=O)N[C@@H](CCC(N)O)C(=O)NC(c5ccccc5)c5ccccc5)N4C(=O)[C@@H](N)C3)ccc21. The molecule has 0 radical (unpaired) electrons. The van der Waals surface area contributed by atoms with Gasteiger partial charge < -0.3 is 37.0 Å². The van der Waals surface area contributed by atoms with Crippen LogP contribution in [-0.2, 0) is 42.2 Å². The number of hydrogen-bond acceptors (Lipinski definition) is 10. The maximum atomic E-state index is 14.0. The molecule has 0 aliphatic carbocycles. The third-order valence-electron chi connectivity index (χ3n) is 13.1. The fraction of sp³-hybridized carbons (Fsp3) is 0.479. The molecular weight excluding hydrogens is 831 g/mol. The number of aryl methyl sites for hydroxylation is 2. The molecule has 346 valence electrons. The van der Waals surface area contributed by atoms with Crippen LogP contribution in [0.5, 0.6) is 0 Å². The molecule has 17 nitrogen and oxygen atoms in total. The Morgan fingerprint density at radius 3 is 2.20 bits per heavy atom. The normalized spacial score (nSPS) is 21.1. The van der Waals surface area contributed by atoms with Crippen LogP contribution in [0.1, 0.15) is 106 Å². The summed E-state index contributed by atoms with van der Waals surface area (Å²) in [4.78, 5) is 96.1. The predicted molar refractivity (Wildman–Crippen MR) is 242 cm³/mol. The Morgan fingerprint density at radius 2 is 1.52 bits per heavy atom. The Labute approximate surface area is 377 Å². The summed E-state index contributed by atoms with van der Waals surface area (Å²) in [7, 11) is 1.67. The number of imidazole rings is 1. The average molecular weight is 892 g/mol. The molecule has 6 amide bonds. The molecule has 7 rings (SSSR count). The number of benzene rings is 3. The highest BCUT2D eigenvalue weighted by atomic mass is 16.3. The second-order valence-electron chi connectivity index (χ2n) is 17.6. The van der Waals surface area contributed by atoms with Gasteiger partial charge in [0, 0.05) is 39.0 Å². The van der Waals surface area contributed by atoms with Crippen LogP contribution in [0.3, 0.4) is 0 Å². The number of piperidine rings is 1. The van der Waals surface area contributed by atoms with Crippen molar-refractivity contribution in [2.24, 2.45) is 18.5 Å². The van der Waals surface area contributed by atoms with Crippen molar-refractivity contribution in [2.45, 2.75) is 126 Å². The number of amides is 6. The van der Waals surface area contributed by atoms with Gasteiger partial charge in [-0.05, 0) is 86.6 Å². The van der Waals surface area contributed by atoms with Crippen LogP contribution in [-0.4, -0.2) is 103 Å². The summed E-state index contributed by atoms with van der Waals surface area (Å²) < 4.78 is 3.00.